The molecule has 1 aliphatic rings. The number of benzene rings is 1. The van der Waals surface area contributed by atoms with Crippen LogP contribution in [0.3, 0.4) is 0 Å². The summed E-state index contributed by atoms with van der Waals surface area (Å²) in [4.78, 5) is 36.4. The molecule has 0 aliphatic carbocycles. The lowest BCUT2D eigenvalue weighted by molar-refractivity contribution is -0.145. The van der Waals surface area contributed by atoms with Crippen LogP contribution in [0.4, 0.5) is 16.2 Å². The molecule has 0 spiro atoms. The van der Waals surface area contributed by atoms with E-state index in [-0.39, 0.29) is 54.7 Å². The zero-order valence-corrected chi connectivity index (χ0v) is 26.1. The van der Waals surface area contributed by atoms with Crippen molar-refractivity contribution >= 4 is 42.6 Å². The van der Waals surface area contributed by atoms with E-state index in [0.29, 0.717) is 5.56 Å². The number of fused-ring (bicyclic) bond motifs is 1. The Morgan fingerprint density at radius 3 is 2.64 bits per heavy atom. The topological polar surface area (TPSA) is 225 Å². The van der Waals surface area contributed by atoms with Crippen molar-refractivity contribution in [3.8, 4) is 5.75 Å². The van der Waals surface area contributed by atoms with Gasteiger partial charge in [0.25, 0.3) is 0 Å². The number of anilines is 2. The molecular formula is C27H37FN7O9P. The summed E-state index contributed by atoms with van der Waals surface area (Å²) in [5, 5.41) is 13.5. The summed E-state index contributed by atoms with van der Waals surface area (Å²) in [6.07, 6.45) is -3.21. The molecule has 1 fully saturated rings. The van der Waals surface area contributed by atoms with E-state index in [1.165, 1.54) is 23.9 Å². The molecule has 0 saturated carbocycles. The fourth-order valence-corrected chi connectivity index (χ4v) is 6.24. The molecule has 6 N–H and O–H groups in total. The number of carbonyl (C=O) groups is 2. The Kier molecular flexibility index (Phi) is 10.6. The number of esters is 2. The third kappa shape index (κ3) is 7.68. The third-order valence-corrected chi connectivity index (χ3v) is 8.56. The molecule has 45 heavy (non-hydrogen) atoms. The number of nitrogens with two attached hydrogens (primary N) is 2. The Balaban J connectivity index is 1.57. The monoisotopic (exact) mass is 653 g/mol. The minimum atomic E-state index is -4.47. The molecule has 3 aromatic rings. The smallest absolute Gasteiger partial charge is 0.459 e. The number of nitrogen functional groups attached to an aromatic ring is 2. The van der Waals surface area contributed by atoms with E-state index in [1.807, 2.05) is 0 Å². The molecule has 3 heterocycles. The number of aromatic nitrogens is 4. The summed E-state index contributed by atoms with van der Waals surface area (Å²) in [7, 11) is -4.47. The van der Waals surface area contributed by atoms with Crippen molar-refractivity contribution in [2.45, 2.75) is 70.7 Å². The van der Waals surface area contributed by atoms with Crippen LogP contribution in [0.15, 0.2) is 30.6 Å². The predicted molar refractivity (Wildman–Crippen MR) is 158 cm³/mol. The molecule has 2 aromatic heterocycles. The number of carbonyl (C=O) groups excluding carboxylic acids is 2. The van der Waals surface area contributed by atoms with Crippen LogP contribution in [0.5, 0.6) is 5.75 Å². The summed E-state index contributed by atoms with van der Waals surface area (Å²) in [5.41, 5.74) is 9.88. The van der Waals surface area contributed by atoms with Crippen LogP contribution in [0.25, 0.3) is 11.2 Å². The van der Waals surface area contributed by atoms with Gasteiger partial charge in [0.2, 0.25) is 5.95 Å². The standard InChI is InChI=1S/C27H37FN7O9P/c1-5-40-19(36)12-11-16-9-7-8-10-17(16)44-45(39,34-15(3)24(38)41-6-2)42-13-18-21(37)27(4,28)25(43-18)35-14-31-20-22(29)32-26(30)33-23(20)35/h7-10,14-15,18,21,25,37H,5-6,11-13H2,1-4H3,(H,34,39)(H4,29,30,32,33)/t15-,18+,21?,25+,27+,45?/m0/s1. The van der Waals surface area contributed by atoms with Crippen LogP contribution in [-0.4, -0.2) is 80.3 Å². The van der Waals surface area contributed by atoms with Gasteiger partial charge in [0.05, 0.1) is 26.1 Å². The Morgan fingerprint density at radius 2 is 1.93 bits per heavy atom. The van der Waals surface area contributed by atoms with Crippen LogP contribution in [0, 0.1) is 0 Å². The highest BCUT2D eigenvalue weighted by atomic mass is 31.2. The Hall–Kier alpha value is -3.89. The van der Waals surface area contributed by atoms with Crippen molar-refractivity contribution in [1.82, 2.24) is 24.6 Å². The van der Waals surface area contributed by atoms with Gasteiger partial charge in [-0.1, -0.05) is 18.2 Å². The maximum atomic E-state index is 16.0. The third-order valence-electron chi connectivity index (χ3n) is 6.93. The van der Waals surface area contributed by atoms with Crippen LogP contribution in [0.1, 0.15) is 45.9 Å². The van der Waals surface area contributed by atoms with Crippen LogP contribution >= 0.6 is 7.75 Å². The van der Waals surface area contributed by atoms with Gasteiger partial charge >= 0.3 is 19.7 Å². The SMILES string of the molecule is CCOC(=O)CCc1ccccc1OP(=O)(N[C@@H](C)C(=O)OCC)OC[C@H]1O[C@@H](n2cnc3c(N)nc(N)nc32)[C@](C)(F)C1O. The number of hydrogen-bond acceptors (Lipinski definition) is 14. The highest BCUT2D eigenvalue weighted by Gasteiger charge is 2.56. The van der Waals surface area contributed by atoms with Crippen molar-refractivity contribution in [1.29, 1.82) is 0 Å². The maximum Gasteiger partial charge on any atom is 0.459 e. The predicted octanol–water partition coefficient (Wildman–Crippen LogP) is 2.22. The van der Waals surface area contributed by atoms with Gasteiger partial charge in [0, 0.05) is 6.42 Å². The first kappa shape index (κ1) is 34.0. The van der Waals surface area contributed by atoms with Gasteiger partial charge in [0.15, 0.2) is 23.4 Å². The number of ether oxygens (including phenoxy) is 3. The minimum absolute atomic E-state index is 0.0236. The Bertz CT molecular complexity index is 1570. The van der Waals surface area contributed by atoms with E-state index in [0.717, 1.165) is 6.92 Å². The number of nitrogens with one attached hydrogen (secondary N) is 1. The molecule has 6 atom stereocenters. The molecule has 1 aromatic carbocycles. The number of imidazole rings is 1. The molecule has 0 radical (unpaired) electrons. The van der Waals surface area contributed by atoms with Gasteiger partial charge in [-0.05, 0) is 45.7 Å². The molecule has 2 unspecified atom stereocenters. The average Bonchev–Trinajstić information content (AvgIpc) is 3.49. The number of halogens is 1. The summed E-state index contributed by atoms with van der Waals surface area (Å²) >= 11 is 0. The molecule has 1 aliphatic heterocycles. The lowest BCUT2D eigenvalue weighted by Gasteiger charge is -2.26. The second-order valence-electron chi connectivity index (χ2n) is 10.3. The number of aliphatic hydroxyl groups is 1. The number of hydrogen-bond donors (Lipinski definition) is 4. The summed E-state index contributed by atoms with van der Waals surface area (Å²) in [5.74, 6) is -1.28. The summed E-state index contributed by atoms with van der Waals surface area (Å²) in [6, 6.07) is 5.32. The average molecular weight is 654 g/mol. The van der Waals surface area contributed by atoms with Gasteiger partial charge in [-0.2, -0.15) is 15.1 Å². The number of para-hydroxylation sites is 1. The van der Waals surface area contributed by atoms with Gasteiger partial charge in [-0.3, -0.25) is 18.7 Å². The van der Waals surface area contributed by atoms with Crippen LogP contribution in [0.2, 0.25) is 0 Å². The fraction of sp³-hybridized carbons (Fsp3) is 0.519. The molecule has 16 nitrogen and oxygen atoms in total. The first-order valence-corrected chi connectivity index (χ1v) is 15.7. The first-order valence-electron chi connectivity index (χ1n) is 14.2. The van der Waals surface area contributed by atoms with Crippen LogP contribution in [-0.2, 0) is 39.3 Å². The lowest BCUT2D eigenvalue weighted by atomic mass is 9.98. The summed E-state index contributed by atoms with van der Waals surface area (Å²) in [6.45, 7) is 5.44. The van der Waals surface area contributed by atoms with Crippen molar-refractivity contribution in [2.24, 2.45) is 0 Å². The molecule has 0 bridgehead atoms. The highest BCUT2D eigenvalue weighted by Crippen LogP contribution is 2.48. The van der Waals surface area contributed by atoms with Crippen molar-refractivity contribution in [2.75, 3.05) is 31.3 Å². The Morgan fingerprint density at radius 1 is 1.22 bits per heavy atom. The zero-order valence-electron chi connectivity index (χ0n) is 25.2. The summed E-state index contributed by atoms with van der Waals surface area (Å²) < 4.78 is 58.7. The van der Waals surface area contributed by atoms with Gasteiger partial charge < -0.3 is 35.3 Å². The Labute approximate surface area is 258 Å². The molecule has 0 amide bonds. The molecule has 246 valence electrons. The molecular weight excluding hydrogens is 616 g/mol. The van der Waals surface area contributed by atoms with E-state index in [2.05, 4.69) is 20.0 Å². The maximum absolute atomic E-state index is 16.0. The number of nitrogens with zero attached hydrogens (tertiary/aromatic N) is 4. The number of alkyl halides is 1. The first-order chi connectivity index (χ1) is 21.3. The van der Waals surface area contributed by atoms with E-state index in [1.54, 1.807) is 32.0 Å². The lowest BCUT2D eigenvalue weighted by Crippen LogP contribution is -2.41. The fourth-order valence-electron chi connectivity index (χ4n) is 4.70. The van der Waals surface area contributed by atoms with Gasteiger partial charge in [-0.25, -0.2) is 13.9 Å². The van der Waals surface area contributed by atoms with E-state index < -0.39 is 56.4 Å². The van der Waals surface area contributed by atoms with E-state index in [9.17, 15) is 19.3 Å². The number of aryl methyl sites for hydroxylation is 1. The largest absolute Gasteiger partial charge is 0.466 e. The molecule has 1 saturated heterocycles. The number of rotatable bonds is 14. The van der Waals surface area contributed by atoms with Crippen molar-refractivity contribution in [3.05, 3.63) is 36.2 Å². The molecule has 18 heteroatoms. The zero-order chi connectivity index (χ0) is 32.9. The van der Waals surface area contributed by atoms with Crippen molar-refractivity contribution in [3.63, 3.8) is 0 Å². The second kappa shape index (κ2) is 14.0. The van der Waals surface area contributed by atoms with Gasteiger partial charge in [-0.15, -0.1) is 0 Å². The van der Waals surface area contributed by atoms with E-state index >= 15 is 4.39 Å². The highest BCUT2D eigenvalue weighted by molar-refractivity contribution is 7.52. The van der Waals surface area contributed by atoms with E-state index in [4.69, 9.17) is 34.7 Å². The minimum Gasteiger partial charge on any atom is -0.466 e. The van der Waals surface area contributed by atoms with Crippen LogP contribution < -0.4 is 21.1 Å². The second-order valence-corrected chi connectivity index (χ2v) is 12.0. The normalized spacial score (nSPS) is 23.4. The van der Waals surface area contributed by atoms with Crippen molar-refractivity contribution < 1.29 is 46.9 Å². The molecule has 4 rings (SSSR count). The van der Waals surface area contributed by atoms with Gasteiger partial charge in [0.1, 0.15) is 29.5 Å². The quantitative estimate of drug-likeness (QED) is 0.145. The number of aliphatic hydroxyl groups excluding tert-OH is 1.